The summed E-state index contributed by atoms with van der Waals surface area (Å²) in [4.78, 5) is 0.356. The predicted octanol–water partition coefficient (Wildman–Crippen LogP) is 3.51. The van der Waals surface area contributed by atoms with E-state index in [1.165, 1.54) is 5.56 Å². The van der Waals surface area contributed by atoms with Gasteiger partial charge in [-0.3, -0.25) is 0 Å². The fourth-order valence-electron chi connectivity index (χ4n) is 3.43. The minimum absolute atomic E-state index is 0.166. The second-order valence-corrected chi connectivity index (χ2v) is 9.62. The van der Waals surface area contributed by atoms with Gasteiger partial charge in [0, 0.05) is 24.7 Å². The summed E-state index contributed by atoms with van der Waals surface area (Å²) < 4.78 is 33.6. The van der Waals surface area contributed by atoms with Gasteiger partial charge in [-0.15, -0.1) is 0 Å². The van der Waals surface area contributed by atoms with E-state index in [0.717, 1.165) is 24.2 Å². The molecule has 1 aliphatic rings. The van der Waals surface area contributed by atoms with Crippen molar-refractivity contribution in [1.29, 1.82) is 0 Å². The number of nitrogens with one attached hydrogen (secondary N) is 1. The fourth-order valence-corrected chi connectivity index (χ4v) is 5.25. The monoisotopic (exact) mass is 402 g/mol. The van der Waals surface area contributed by atoms with Gasteiger partial charge < -0.3 is 10.1 Å². The second-order valence-electron chi connectivity index (χ2n) is 7.76. The molecule has 2 aromatic carbocycles. The van der Waals surface area contributed by atoms with E-state index in [4.69, 9.17) is 4.74 Å². The molecule has 0 spiro atoms. The highest BCUT2D eigenvalue weighted by Crippen LogP contribution is 2.31. The second kappa shape index (κ2) is 9.18. The van der Waals surface area contributed by atoms with Crippen molar-refractivity contribution in [3.63, 3.8) is 0 Å². The molecule has 0 aliphatic carbocycles. The van der Waals surface area contributed by atoms with Crippen molar-refractivity contribution in [2.24, 2.45) is 5.92 Å². The van der Waals surface area contributed by atoms with E-state index < -0.39 is 10.0 Å². The number of rotatable bonds is 7. The van der Waals surface area contributed by atoms with Crippen LogP contribution in [0.5, 0.6) is 0 Å². The van der Waals surface area contributed by atoms with Crippen molar-refractivity contribution in [2.45, 2.75) is 38.3 Å². The SMILES string of the molecule is CC(C)CNCc1ccc(-c2ccccc2S(=O)(=O)N2CCOC[C@@H]2C)cc1. The van der Waals surface area contributed by atoms with Crippen molar-refractivity contribution in [3.05, 3.63) is 54.1 Å². The molecule has 1 atom stereocenters. The average Bonchev–Trinajstić information content (AvgIpc) is 2.68. The molecule has 1 N–H and O–H groups in total. The van der Waals surface area contributed by atoms with Gasteiger partial charge in [0.1, 0.15) is 0 Å². The summed E-state index contributed by atoms with van der Waals surface area (Å²) in [7, 11) is -3.58. The molecule has 2 aromatic rings. The third-order valence-electron chi connectivity index (χ3n) is 4.93. The summed E-state index contributed by atoms with van der Waals surface area (Å²) in [6.45, 7) is 9.29. The van der Waals surface area contributed by atoms with Crippen molar-refractivity contribution in [1.82, 2.24) is 9.62 Å². The summed E-state index contributed by atoms with van der Waals surface area (Å²) in [5.41, 5.74) is 2.84. The van der Waals surface area contributed by atoms with Crippen LogP contribution in [0.2, 0.25) is 0 Å². The Labute approximate surface area is 168 Å². The van der Waals surface area contributed by atoms with Gasteiger partial charge >= 0.3 is 0 Å². The molecule has 1 heterocycles. The van der Waals surface area contributed by atoms with Crippen LogP contribution in [-0.4, -0.2) is 45.1 Å². The Hall–Kier alpha value is -1.73. The molecule has 0 amide bonds. The van der Waals surface area contributed by atoms with Gasteiger partial charge in [-0.1, -0.05) is 56.3 Å². The summed E-state index contributed by atoms with van der Waals surface area (Å²) >= 11 is 0. The molecule has 0 radical (unpaired) electrons. The fraction of sp³-hybridized carbons (Fsp3) is 0.455. The van der Waals surface area contributed by atoms with Crippen molar-refractivity contribution < 1.29 is 13.2 Å². The Morgan fingerprint density at radius 3 is 2.54 bits per heavy atom. The van der Waals surface area contributed by atoms with Crippen molar-refractivity contribution in [3.8, 4) is 11.1 Å². The van der Waals surface area contributed by atoms with Crippen LogP contribution >= 0.6 is 0 Å². The normalized spacial score (nSPS) is 18.5. The molecule has 0 unspecified atom stereocenters. The minimum Gasteiger partial charge on any atom is -0.378 e. The summed E-state index contributed by atoms with van der Waals surface area (Å²) in [6, 6.07) is 15.2. The lowest BCUT2D eigenvalue weighted by atomic mass is 10.0. The van der Waals surface area contributed by atoms with E-state index in [1.54, 1.807) is 16.4 Å². The molecule has 5 nitrogen and oxygen atoms in total. The molecule has 0 aromatic heterocycles. The number of sulfonamides is 1. The van der Waals surface area contributed by atoms with E-state index in [1.807, 2.05) is 31.2 Å². The number of benzene rings is 2. The van der Waals surface area contributed by atoms with Gasteiger partial charge in [0.05, 0.1) is 18.1 Å². The molecule has 1 saturated heterocycles. The topological polar surface area (TPSA) is 58.6 Å². The van der Waals surface area contributed by atoms with Gasteiger partial charge in [0.15, 0.2) is 0 Å². The van der Waals surface area contributed by atoms with Gasteiger partial charge in [-0.2, -0.15) is 4.31 Å². The largest absolute Gasteiger partial charge is 0.378 e. The molecule has 0 saturated carbocycles. The zero-order valence-corrected chi connectivity index (χ0v) is 17.7. The summed E-state index contributed by atoms with van der Waals surface area (Å²) in [6.07, 6.45) is 0. The Morgan fingerprint density at radius 1 is 1.14 bits per heavy atom. The highest BCUT2D eigenvalue weighted by atomic mass is 32.2. The van der Waals surface area contributed by atoms with E-state index in [-0.39, 0.29) is 6.04 Å². The van der Waals surface area contributed by atoms with Crippen LogP contribution in [0.4, 0.5) is 0 Å². The lowest BCUT2D eigenvalue weighted by Crippen LogP contribution is -2.47. The standard InChI is InChI=1S/C22H30N2O3S/c1-17(2)14-23-15-19-8-10-20(11-9-19)21-6-4-5-7-22(21)28(25,26)24-12-13-27-16-18(24)3/h4-11,17-18,23H,12-16H2,1-3H3/t18-/m0/s1. The molecule has 1 aliphatic heterocycles. The minimum atomic E-state index is -3.58. The quantitative estimate of drug-likeness (QED) is 0.770. The molecular formula is C22H30N2O3S. The van der Waals surface area contributed by atoms with Crippen LogP contribution in [0.3, 0.4) is 0 Å². The predicted molar refractivity (Wildman–Crippen MR) is 113 cm³/mol. The van der Waals surface area contributed by atoms with Crippen LogP contribution in [0.15, 0.2) is 53.4 Å². The van der Waals surface area contributed by atoms with Crippen molar-refractivity contribution in [2.75, 3.05) is 26.3 Å². The molecule has 152 valence electrons. The first-order valence-electron chi connectivity index (χ1n) is 9.88. The lowest BCUT2D eigenvalue weighted by molar-refractivity contribution is 0.0393. The van der Waals surface area contributed by atoms with E-state index in [0.29, 0.717) is 30.6 Å². The van der Waals surface area contributed by atoms with Gasteiger partial charge in [0.2, 0.25) is 10.0 Å². The zero-order valence-electron chi connectivity index (χ0n) is 16.9. The van der Waals surface area contributed by atoms with E-state index in [9.17, 15) is 8.42 Å². The lowest BCUT2D eigenvalue weighted by Gasteiger charge is -2.32. The molecule has 3 rings (SSSR count). The van der Waals surface area contributed by atoms with Crippen LogP contribution in [-0.2, 0) is 21.3 Å². The number of morpholine rings is 1. The van der Waals surface area contributed by atoms with E-state index >= 15 is 0 Å². The first-order valence-corrected chi connectivity index (χ1v) is 11.3. The van der Waals surface area contributed by atoms with Crippen LogP contribution in [0.25, 0.3) is 11.1 Å². The molecule has 28 heavy (non-hydrogen) atoms. The highest BCUT2D eigenvalue weighted by Gasteiger charge is 2.33. The average molecular weight is 403 g/mol. The molecule has 0 bridgehead atoms. The van der Waals surface area contributed by atoms with Gasteiger partial charge in [0.25, 0.3) is 0 Å². The van der Waals surface area contributed by atoms with Gasteiger partial charge in [-0.25, -0.2) is 8.42 Å². The third-order valence-corrected chi connectivity index (χ3v) is 7.00. The third kappa shape index (κ3) is 4.81. The van der Waals surface area contributed by atoms with Gasteiger partial charge in [-0.05, 0) is 36.6 Å². The van der Waals surface area contributed by atoms with E-state index in [2.05, 4.69) is 31.3 Å². The first-order chi connectivity index (χ1) is 13.4. The maximum Gasteiger partial charge on any atom is 0.244 e. The zero-order chi connectivity index (χ0) is 20.1. The number of nitrogens with zero attached hydrogens (tertiary/aromatic N) is 1. The highest BCUT2D eigenvalue weighted by molar-refractivity contribution is 7.89. The maximum absolute atomic E-state index is 13.3. The molecule has 6 heteroatoms. The number of hydrogen-bond acceptors (Lipinski definition) is 4. The number of ether oxygens (including phenoxy) is 1. The molecular weight excluding hydrogens is 372 g/mol. The number of hydrogen-bond donors (Lipinski definition) is 1. The summed E-state index contributed by atoms with van der Waals surface area (Å²) in [5.74, 6) is 0.610. The van der Waals surface area contributed by atoms with Crippen LogP contribution in [0, 0.1) is 5.92 Å². The Morgan fingerprint density at radius 2 is 1.86 bits per heavy atom. The smallest absolute Gasteiger partial charge is 0.244 e. The van der Waals surface area contributed by atoms with Crippen LogP contribution < -0.4 is 5.32 Å². The van der Waals surface area contributed by atoms with Crippen LogP contribution in [0.1, 0.15) is 26.3 Å². The first kappa shape index (κ1) is 21.0. The Kier molecular flexibility index (Phi) is 6.88. The Balaban J connectivity index is 1.86. The summed E-state index contributed by atoms with van der Waals surface area (Å²) in [5, 5.41) is 3.43. The maximum atomic E-state index is 13.3. The Bertz CT molecular complexity index is 879. The van der Waals surface area contributed by atoms with Crippen molar-refractivity contribution >= 4 is 10.0 Å². The molecule has 1 fully saturated rings.